The molecule has 2 aromatic rings. The van der Waals surface area contributed by atoms with Crippen molar-refractivity contribution >= 4 is 17.3 Å². The van der Waals surface area contributed by atoms with E-state index in [2.05, 4.69) is 6.07 Å². The Bertz CT molecular complexity index is 1260. The summed E-state index contributed by atoms with van der Waals surface area (Å²) in [5.41, 5.74) is -0.245. The fraction of sp³-hybridized carbons (Fsp3) is 0.286. The molecule has 0 aromatic heterocycles. The molecule has 1 spiro atoms. The first-order valence-electron chi connectivity index (χ1n) is 11.1. The average Bonchev–Trinajstić information content (AvgIpc) is 3.24. The molecule has 0 radical (unpaired) electrons. The van der Waals surface area contributed by atoms with Crippen molar-refractivity contribution < 1.29 is 14.4 Å². The predicted octanol–water partition coefficient (Wildman–Crippen LogP) is 4.48. The van der Waals surface area contributed by atoms with E-state index in [1.54, 1.807) is 47.5 Å². The van der Waals surface area contributed by atoms with Crippen LogP contribution >= 0.6 is 0 Å². The smallest absolute Gasteiger partial charge is 0.180 e. The lowest BCUT2D eigenvalue weighted by Crippen LogP contribution is -2.47. The molecule has 33 heavy (non-hydrogen) atoms. The Morgan fingerprint density at radius 3 is 2.09 bits per heavy atom. The SMILES string of the molecule is CC(C)(C)C(=O)[C@H]1[C@@H](c2ccccc2)C2(C(=O)c3ccccc3C2=O)[C@@H]2C=CC(C#N)=CN21. The van der Waals surface area contributed by atoms with Crippen molar-refractivity contribution in [3.8, 4) is 6.07 Å². The summed E-state index contributed by atoms with van der Waals surface area (Å²) in [6.45, 7) is 5.54. The lowest BCUT2D eigenvalue weighted by Gasteiger charge is -2.34. The van der Waals surface area contributed by atoms with Gasteiger partial charge in [0.1, 0.15) is 11.5 Å². The van der Waals surface area contributed by atoms with E-state index in [-0.39, 0.29) is 17.3 Å². The van der Waals surface area contributed by atoms with Crippen LogP contribution in [0.1, 0.15) is 53.0 Å². The summed E-state index contributed by atoms with van der Waals surface area (Å²) in [6, 6.07) is 17.0. The van der Waals surface area contributed by atoms with Gasteiger partial charge in [-0.15, -0.1) is 0 Å². The summed E-state index contributed by atoms with van der Waals surface area (Å²) in [6.07, 6.45) is 5.05. The number of carbonyl (C=O) groups is 3. The summed E-state index contributed by atoms with van der Waals surface area (Å²) in [5, 5.41) is 9.57. The van der Waals surface area contributed by atoms with Gasteiger partial charge in [0.2, 0.25) is 0 Å². The van der Waals surface area contributed by atoms with Crippen molar-refractivity contribution in [2.75, 3.05) is 0 Å². The van der Waals surface area contributed by atoms with E-state index in [9.17, 15) is 19.6 Å². The second-order valence-corrected chi connectivity index (χ2v) is 9.97. The summed E-state index contributed by atoms with van der Waals surface area (Å²) in [4.78, 5) is 44.0. The van der Waals surface area contributed by atoms with Gasteiger partial charge in [0.05, 0.1) is 17.7 Å². The molecule has 1 saturated heterocycles. The topological polar surface area (TPSA) is 78.2 Å². The highest BCUT2D eigenvalue weighted by Gasteiger charge is 2.71. The number of fused-ring (bicyclic) bond motifs is 3. The van der Waals surface area contributed by atoms with Crippen LogP contribution in [0.4, 0.5) is 0 Å². The van der Waals surface area contributed by atoms with Gasteiger partial charge in [-0.1, -0.05) is 81.4 Å². The van der Waals surface area contributed by atoms with Gasteiger partial charge in [-0.3, -0.25) is 14.4 Å². The summed E-state index contributed by atoms with van der Waals surface area (Å²) in [7, 11) is 0. The number of hydrogen-bond donors (Lipinski definition) is 0. The number of carbonyl (C=O) groups excluding carboxylic acids is 3. The molecule has 0 bridgehead atoms. The van der Waals surface area contributed by atoms with E-state index in [0.29, 0.717) is 16.7 Å². The van der Waals surface area contributed by atoms with Crippen LogP contribution in [0.15, 0.2) is 78.5 Å². The Balaban J connectivity index is 1.84. The van der Waals surface area contributed by atoms with Crippen LogP contribution in [0.3, 0.4) is 0 Å². The maximum absolute atomic E-state index is 14.2. The van der Waals surface area contributed by atoms with Crippen molar-refractivity contribution in [1.82, 2.24) is 4.90 Å². The van der Waals surface area contributed by atoms with Crippen LogP contribution in [0.25, 0.3) is 0 Å². The number of Topliss-reactive ketones (excluding diaryl/α,β-unsaturated/α-hetero) is 3. The molecule has 2 heterocycles. The van der Waals surface area contributed by atoms with Gasteiger partial charge < -0.3 is 4.90 Å². The van der Waals surface area contributed by atoms with Gasteiger partial charge in [0, 0.05) is 28.7 Å². The molecular weight excluding hydrogens is 412 g/mol. The number of nitriles is 1. The highest BCUT2D eigenvalue weighted by molar-refractivity contribution is 6.31. The van der Waals surface area contributed by atoms with Crippen LogP contribution in [-0.2, 0) is 4.79 Å². The van der Waals surface area contributed by atoms with Crippen molar-refractivity contribution in [3.05, 3.63) is 95.2 Å². The minimum Gasteiger partial charge on any atom is -0.358 e. The normalized spacial score (nSPS) is 25.0. The molecule has 1 aliphatic carbocycles. The first kappa shape index (κ1) is 21.1. The van der Waals surface area contributed by atoms with Crippen LogP contribution in [0, 0.1) is 22.2 Å². The Kier molecular flexibility index (Phi) is 4.54. The average molecular weight is 437 g/mol. The lowest BCUT2D eigenvalue weighted by molar-refractivity contribution is -0.130. The van der Waals surface area contributed by atoms with E-state index in [1.807, 2.05) is 51.1 Å². The highest BCUT2D eigenvalue weighted by Crippen LogP contribution is 2.59. The summed E-state index contributed by atoms with van der Waals surface area (Å²) < 4.78 is 0. The first-order valence-corrected chi connectivity index (χ1v) is 11.1. The van der Waals surface area contributed by atoms with Gasteiger partial charge in [0.15, 0.2) is 17.3 Å². The maximum atomic E-state index is 14.2. The van der Waals surface area contributed by atoms with Gasteiger partial charge in [-0.2, -0.15) is 5.26 Å². The number of rotatable bonds is 2. The molecule has 2 aromatic carbocycles. The molecule has 0 amide bonds. The third kappa shape index (κ3) is 2.74. The van der Waals surface area contributed by atoms with Crippen molar-refractivity contribution in [3.63, 3.8) is 0 Å². The van der Waals surface area contributed by atoms with E-state index < -0.39 is 28.8 Å². The minimum atomic E-state index is -1.48. The number of hydrogen-bond acceptors (Lipinski definition) is 5. The molecule has 5 rings (SSSR count). The van der Waals surface area contributed by atoms with Crippen LogP contribution in [0.5, 0.6) is 0 Å². The van der Waals surface area contributed by atoms with Gasteiger partial charge in [-0.25, -0.2) is 0 Å². The Labute approximate surface area is 193 Å². The molecule has 0 saturated carbocycles. The molecular formula is C28H24N2O3. The second-order valence-electron chi connectivity index (χ2n) is 9.97. The molecule has 0 unspecified atom stereocenters. The van der Waals surface area contributed by atoms with E-state index >= 15 is 0 Å². The number of ketones is 3. The first-order chi connectivity index (χ1) is 15.7. The zero-order valence-electron chi connectivity index (χ0n) is 18.8. The monoisotopic (exact) mass is 436 g/mol. The van der Waals surface area contributed by atoms with Crippen molar-refractivity contribution in [2.24, 2.45) is 10.8 Å². The lowest BCUT2D eigenvalue weighted by atomic mass is 9.63. The van der Waals surface area contributed by atoms with Gasteiger partial charge in [-0.05, 0) is 11.6 Å². The zero-order chi connectivity index (χ0) is 23.5. The fourth-order valence-corrected chi connectivity index (χ4v) is 5.70. The molecule has 2 aliphatic heterocycles. The van der Waals surface area contributed by atoms with Crippen LogP contribution < -0.4 is 0 Å². The summed E-state index contributed by atoms with van der Waals surface area (Å²) >= 11 is 0. The molecule has 5 nitrogen and oxygen atoms in total. The highest BCUT2D eigenvalue weighted by atomic mass is 16.2. The van der Waals surface area contributed by atoms with Crippen LogP contribution in [0.2, 0.25) is 0 Å². The number of nitrogens with zero attached hydrogens (tertiary/aromatic N) is 2. The third-order valence-electron chi connectivity index (χ3n) is 7.12. The van der Waals surface area contributed by atoms with E-state index in [1.165, 1.54) is 0 Å². The Hall–Kier alpha value is -3.78. The Morgan fingerprint density at radius 2 is 1.55 bits per heavy atom. The Morgan fingerprint density at radius 1 is 0.970 bits per heavy atom. The van der Waals surface area contributed by atoms with Gasteiger partial charge in [0.25, 0.3) is 0 Å². The minimum absolute atomic E-state index is 0.0707. The standard InChI is InChI=1S/C28H24N2O3/c1-27(2,3)26(33)23-22(18-9-5-4-6-10-18)28(21-14-13-17(15-29)16-30(21)23)24(31)19-11-7-8-12-20(19)25(28)32/h4-14,16,21-23H,1-3H3/t21-,22+,23+/m0/s1. The third-order valence-corrected chi connectivity index (χ3v) is 7.12. The van der Waals surface area contributed by atoms with Crippen molar-refractivity contribution in [2.45, 2.75) is 38.8 Å². The van der Waals surface area contributed by atoms with Gasteiger partial charge >= 0.3 is 0 Å². The van der Waals surface area contributed by atoms with Crippen molar-refractivity contribution in [1.29, 1.82) is 5.26 Å². The molecule has 5 heteroatoms. The second kappa shape index (κ2) is 7.11. The molecule has 1 fully saturated rings. The van der Waals surface area contributed by atoms with E-state index in [0.717, 1.165) is 5.56 Å². The molecule has 3 atom stereocenters. The number of benzene rings is 2. The van der Waals surface area contributed by atoms with Crippen LogP contribution in [-0.4, -0.2) is 34.3 Å². The quantitative estimate of drug-likeness (QED) is 0.649. The molecule has 164 valence electrons. The zero-order valence-corrected chi connectivity index (χ0v) is 18.8. The largest absolute Gasteiger partial charge is 0.358 e. The van der Waals surface area contributed by atoms with E-state index in [4.69, 9.17) is 0 Å². The maximum Gasteiger partial charge on any atom is 0.180 e. The molecule has 0 N–H and O–H groups in total. The number of allylic oxidation sites excluding steroid dienone is 2. The molecule has 3 aliphatic rings. The predicted molar refractivity (Wildman–Crippen MR) is 123 cm³/mol. The fourth-order valence-electron chi connectivity index (χ4n) is 5.70. The summed E-state index contributed by atoms with van der Waals surface area (Å²) in [5.74, 6) is -1.27.